The number of carboxylic acid groups (broad SMARTS) is 1. The quantitative estimate of drug-likeness (QED) is 0.873. The van der Waals surface area contributed by atoms with E-state index >= 15 is 0 Å². The Morgan fingerprint density at radius 2 is 2.28 bits per heavy atom. The molecule has 0 spiro atoms. The smallest absolute Gasteiger partial charge is 0.341 e. The number of aliphatic carboxylic acids is 1. The molecule has 0 aromatic heterocycles. The second kappa shape index (κ2) is 5.08. The average molecular weight is 249 g/mol. The van der Waals surface area contributed by atoms with Gasteiger partial charge < -0.3 is 14.7 Å². The van der Waals surface area contributed by atoms with Gasteiger partial charge in [-0.2, -0.15) is 0 Å². The van der Waals surface area contributed by atoms with E-state index in [2.05, 4.69) is 0 Å². The van der Waals surface area contributed by atoms with Crippen molar-refractivity contribution in [2.24, 2.45) is 0 Å². The molecular formula is C13H15NO4. The van der Waals surface area contributed by atoms with Crippen LogP contribution in [-0.4, -0.2) is 42.1 Å². The molecule has 0 aliphatic carbocycles. The van der Waals surface area contributed by atoms with Crippen LogP contribution in [0.25, 0.3) is 0 Å². The van der Waals surface area contributed by atoms with E-state index in [0.29, 0.717) is 11.3 Å². The van der Waals surface area contributed by atoms with Crippen LogP contribution >= 0.6 is 0 Å². The van der Waals surface area contributed by atoms with Crippen molar-refractivity contribution in [1.82, 2.24) is 4.90 Å². The van der Waals surface area contributed by atoms with Gasteiger partial charge in [0, 0.05) is 19.2 Å². The van der Waals surface area contributed by atoms with Crippen molar-refractivity contribution in [3.8, 4) is 5.75 Å². The van der Waals surface area contributed by atoms with Crippen LogP contribution in [0.2, 0.25) is 0 Å². The van der Waals surface area contributed by atoms with Gasteiger partial charge in [0.15, 0.2) is 6.61 Å². The predicted octanol–water partition coefficient (Wildman–Crippen LogP) is 1.17. The lowest BCUT2D eigenvalue weighted by atomic mass is 10.0. The zero-order valence-corrected chi connectivity index (χ0v) is 10.2. The Labute approximate surface area is 105 Å². The van der Waals surface area contributed by atoms with Crippen molar-refractivity contribution < 1.29 is 19.4 Å². The minimum Gasteiger partial charge on any atom is -0.482 e. The van der Waals surface area contributed by atoms with Crippen LogP contribution in [0.5, 0.6) is 5.75 Å². The zero-order chi connectivity index (χ0) is 13.1. The number of nitrogens with zero attached hydrogens (tertiary/aromatic N) is 1. The number of fused-ring (bicyclic) bond motifs is 1. The molecule has 0 radical (unpaired) electrons. The highest BCUT2D eigenvalue weighted by atomic mass is 16.5. The minimum absolute atomic E-state index is 0.0386. The van der Waals surface area contributed by atoms with Crippen molar-refractivity contribution in [3.05, 3.63) is 29.3 Å². The third-order valence-electron chi connectivity index (χ3n) is 2.96. The van der Waals surface area contributed by atoms with Crippen molar-refractivity contribution in [2.45, 2.75) is 12.8 Å². The highest BCUT2D eigenvalue weighted by molar-refractivity contribution is 5.96. The summed E-state index contributed by atoms with van der Waals surface area (Å²) in [5, 5.41) is 8.55. The monoisotopic (exact) mass is 249 g/mol. The molecule has 1 N–H and O–H groups in total. The molecule has 0 bridgehead atoms. The molecule has 5 nitrogen and oxygen atoms in total. The molecular weight excluding hydrogens is 234 g/mol. The molecule has 1 aliphatic rings. The molecule has 2 rings (SSSR count). The van der Waals surface area contributed by atoms with Crippen molar-refractivity contribution >= 4 is 11.9 Å². The van der Waals surface area contributed by atoms with E-state index in [4.69, 9.17) is 9.84 Å². The normalized spacial score (nSPS) is 14.9. The van der Waals surface area contributed by atoms with Crippen molar-refractivity contribution in [3.63, 3.8) is 0 Å². The van der Waals surface area contributed by atoms with Gasteiger partial charge in [0.05, 0.1) is 0 Å². The average Bonchev–Trinajstić information content (AvgIpc) is 2.48. The Morgan fingerprint density at radius 1 is 1.50 bits per heavy atom. The Balaban J connectivity index is 2.26. The molecule has 1 aromatic rings. The highest BCUT2D eigenvalue weighted by Gasteiger charge is 2.20. The van der Waals surface area contributed by atoms with Gasteiger partial charge in [-0.3, -0.25) is 4.79 Å². The Kier molecular flexibility index (Phi) is 3.50. The molecule has 0 unspecified atom stereocenters. The standard InChI is InChI=1S/C13H15NO4/c1-14-6-2-3-9-4-5-10(18-8-12(15)16)7-11(9)13(14)17/h4-5,7H,2-3,6,8H2,1H3,(H,15,16). The molecule has 0 saturated carbocycles. The van der Waals surface area contributed by atoms with Crippen LogP contribution in [0, 0.1) is 0 Å². The number of hydrogen-bond donors (Lipinski definition) is 1. The molecule has 0 atom stereocenters. The Bertz CT molecular complexity index is 484. The first-order chi connectivity index (χ1) is 8.58. The molecule has 96 valence electrons. The fourth-order valence-electron chi connectivity index (χ4n) is 2.02. The first-order valence-electron chi connectivity index (χ1n) is 5.81. The number of benzene rings is 1. The number of rotatable bonds is 3. The third-order valence-corrected chi connectivity index (χ3v) is 2.96. The van der Waals surface area contributed by atoms with Crippen LogP contribution in [0.4, 0.5) is 0 Å². The lowest BCUT2D eigenvalue weighted by Gasteiger charge is -2.14. The predicted molar refractivity (Wildman–Crippen MR) is 64.9 cm³/mol. The van der Waals surface area contributed by atoms with Crippen LogP contribution in [0.1, 0.15) is 22.3 Å². The van der Waals surface area contributed by atoms with Gasteiger partial charge in [0.1, 0.15) is 5.75 Å². The van der Waals surface area contributed by atoms with E-state index in [1.165, 1.54) is 0 Å². The van der Waals surface area contributed by atoms with E-state index in [1.807, 2.05) is 6.07 Å². The molecule has 5 heteroatoms. The fourth-order valence-corrected chi connectivity index (χ4v) is 2.02. The van der Waals surface area contributed by atoms with Gasteiger partial charge >= 0.3 is 5.97 Å². The van der Waals surface area contributed by atoms with Gasteiger partial charge in [-0.15, -0.1) is 0 Å². The summed E-state index contributed by atoms with van der Waals surface area (Å²) < 4.78 is 5.09. The largest absolute Gasteiger partial charge is 0.482 e. The Morgan fingerprint density at radius 3 is 3.00 bits per heavy atom. The lowest BCUT2D eigenvalue weighted by Crippen LogP contribution is -2.26. The maximum atomic E-state index is 12.1. The summed E-state index contributed by atoms with van der Waals surface area (Å²) in [5.74, 6) is -0.656. The van der Waals surface area contributed by atoms with Crippen molar-refractivity contribution in [1.29, 1.82) is 0 Å². The second-order valence-electron chi connectivity index (χ2n) is 4.33. The topological polar surface area (TPSA) is 66.8 Å². The van der Waals surface area contributed by atoms with E-state index in [1.54, 1.807) is 24.1 Å². The van der Waals surface area contributed by atoms with E-state index in [9.17, 15) is 9.59 Å². The van der Waals surface area contributed by atoms with Gasteiger partial charge in [0.25, 0.3) is 5.91 Å². The van der Waals surface area contributed by atoms with Gasteiger partial charge in [-0.05, 0) is 30.5 Å². The summed E-state index contributed by atoms with van der Waals surface area (Å²) in [4.78, 5) is 24.2. The molecule has 1 aliphatic heterocycles. The number of hydrogen-bond acceptors (Lipinski definition) is 3. The maximum Gasteiger partial charge on any atom is 0.341 e. The Hall–Kier alpha value is -2.04. The summed E-state index contributed by atoms with van der Waals surface area (Å²) in [6.45, 7) is 0.335. The lowest BCUT2D eigenvalue weighted by molar-refractivity contribution is -0.139. The van der Waals surface area contributed by atoms with E-state index in [0.717, 1.165) is 24.9 Å². The maximum absolute atomic E-state index is 12.1. The van der Waals surface area contributed by atoms with Gasteiger partial charge in [0.2, 0.25) is 0 Å². The number of aryl methyl sites for hydroxylation is 1. The van der Waals surface area contributed by atoms with Gasteiger partial charge in [-0.25, -0.2) is 4.79 Å². The van der Waals surface area contributed by atoms with Gasteiger partial charge in [-0.1, -0.05) is 6.07 Å². The summed E-state index contributed by atoms with van der Waals surface area (Å²) in [6.07, 6.45) is 1.79. The van der Waals surface area contributed by atoms with E-state index < -0.39 is 12.6 Å². The molecule has 1 amide bonds. The molecule has 0 saturated heterocycles. The molecule has 18 heavy (non-hydrogen) atoms. The first-order valence-corrected chi connectivity index (χ1v) is 5.81. The van der Waals surface area contributed by atoms with Crippen LogP contribution in [-0.2, 0) is 11.2 Å². The number of ether oxygens (including phenoxy) is 1. The number of amides is 1. The first kappa shape index (κ1) is 12.4. The summed E-state index contributed by atoms with van der Waals surface area (Å²) in [7, 11) is 1.77. The highest BCUT2D eigenvalue weighted by Crippen LogP contribution is 2.23. The number of carboxylic acids is 1. The van der Waals surface area contributed by atoms with E-state index in [-0.39, 0.29) is 5.91 Å². The summed E-state index contributed by atoms with van der Waals surface area (Å²) in [6, 6.07) is 5.17. The molecule has 1 heterocycles. The molecule has 1 aromatic carbocycles. The number of carbonyl (C=O) groups excluding carboxylic acids is 1. The van der Waals surface area contributed by atoms with Crippen LogP contribution in [0.15, 0.2) is 18.2 Å². The molecule has 0 fully saturated rings. The zero-order valence-electron chi connectivity index (χ0n) is 10.2. The van der Waals surface area contributed by atoms with Crippen LogP contribution in [0.3, 0.4) is 0 Å². The number of carbonyl (C=O) groups is 2. The van der Waals surface area contributed by atoms with Crippen molar-refractivity contribution in [2.75, 3.05) is 20.2 Å². The third kappa shape index (κ3) is 2.61. The second-order valence-corrected chi connectivity index (χ2v) is 4.33. The SMILES string of the molecule is CN1CCCc2ccc(OCC(=O)O)cc2C1=O. The summed E-state index contributed by atoms with van der Waals surface area (Å²) >= 11 is 0. The minimum atomic E-state index is -1.03. The van der Waals surface area contributed by atoms with Crippen LogP contribution < -0.4 is 4.74 Å². The fraction of sp³-hybridized carbons (Fsp3) is 0.385. The summed E-state index contributed by atoms with van der Waals surface area (Å²) in [5.41, 5.74) is 1.60.